The van der Waals surface area contributed by atoms with Gasteiger partial charge in [-0.3, -0.25) is 4.99 Å². The van der Waals surface area contributed by atoms with Gasteiger partial charge >= 0.3 is 5.97 Å². The zero-order valence-electron chi connectivity index (χ0n) is 14.0. The van der Waals surface area contributed by atoms with Gasteiger partial charge in [0.05, 0.1) is 7.11 Å². The molecule has 124 valence electrons. The summed E-state index contributed by atoms with van der Waals surface area (Å²) in [6.45, 7) is 0. The number of aliphatic imine (C=N–C) groups is 1. The maximum atomic E-state index is 11.8. The third-order valence-corrected chi connectivity index (χ3v) is 4.14. The first-order valence-corrected chi connectivity index (χ1v) is 8.07. The van der Waals surface area contributed by atoms with E-state index in [0.29, 0.717) is 0 Å². The summed E-state index contributed by atoms with van der Waals surface area (Å²) in [6, 6.07) is 29.9. The Morgan fingerprint density at radius 2 is 1.12 bits per heavy atom. The van der Waals surface area contributed by atoms with Gasteiger partial charge in [0.25, 0.3) is 0 Å². The molecule has 0 N–H and O–H groups in total. The van der Waals surface area contributed by atoms with Gasteiger partial charge in [0, 0.05) is 0 Å². The third kappa shape index (κ3) is 3.36. The maximum Gasteiger partial charge on any atom is 0.348 e. The summed E-state index contributed by atoms with van der Waals surface area (Å²) in [5.74, 6) is -0.479. The lowest BCUT2D eigenvalue weighted by Crippen LogP contribution is -2.28. The van der Waals surface area contributed by atoms with E-state index in [0.717, 1.165) is 16.7 Å². The van der Waals surface area contributed by atoms with Gasteiger partial charge < -0.3 is 4.74 Å². The van der Waals surface area contributed by atoms with E-state index in [2.05, 4.69) is 0 Å². The third-order valence-electron chi connectivity index (χ3n) is 4.14. The largest absolute Gasteiger partial charge is 0.465 e. The molecule has 0 aromatic heterocycles. The molecule has 0 aliphatic carbocycles. The zero-order valence-corrected chi connectivity index (χ0v) is 14.0. The van der Waals surface area contributed by atoms with Crippen molar-refractivity contribution in [1.29, 1.82) is 0 Å². The second kappa shape index (κ2) is 7.58. The average molecular weight is 329 g/mol. The minimum Gasteiger partial charge on any atom is -0.465 e. The predicted molar refractivity (Wildman–Crippen MR) is 99.7 cm³/mol. The van der Waals surface area contributed by atoms with E-state index in [1.807, 2.05) is 91.0 Å². The van der Waals surface area contributed by atoms with E-state index in [-0.39, 0.29) is 0 Å². The number of carbonyl (C=O) groups is 1. The van der Waals surface area contributed by atoms with Crippen LogP contribution in [-0.4, -0.2) is 19.3 Å². The van der Waals surface area contributed by atoms with Crippen LogP contribution < -0.4 is 0 Å². The molecule has 0 fully saturated rings. The molecule has 3 aromatic carbocycles. The van der Waals surface area contributed by atoms with Crippen LogP contribution in [0.5, 0.6) is 0 Å². The standard InChI is InChI=1S/C22H19NO2/c1-25-21(24)17-23-22(18-11-5-2-6-12-18,19-13-7-3-8-14-19)20-15-9-4-10-16-20/h2-17H,1H3. The average Bonchev–Trinajstić information content (AvgIpc) is 2.71. The first kappa shape index (κ1) is 16.7. The van der Waals surface area contributed by atoms with Crippen molar-refractivity contribution in [3.63, 3.8) is 0 Å². The Morgan fingerprint density at radius 1 is 0.760 bits per heavy atom. The molecule has 3 aromatic rings. The first-order valence-electron chi connectivity index (χ1n) is 8.07. The number of hydrogen-bond acceptors (Lipinski definition) is 3. The lowest BCUT2D eigenvalue weighted by atomic mass is 9.77. The second-order valence-electron chi connectivity index (χ2n) is 5.59. The van der Waals surface area contributed by atoms with E-state index >= 15 is 0 Å². The van der Waals surface area contributed by atoms with Crippen LogP contribution in [0.25, 0.3) is 0 Å². The minimum atomic E-state index is -0.821. The Hall–Kier alpha value is -3.20. The van der Waals surface area contributed by atoms with Crippen LogP contribution in [0, 0.1) is 0 Å². The van der Waals surface area contributed by atoms with E-state index in [4.69, 9.17) is 9.73 Å². The van der Waals surface area contributed by atoms with Crippen LogP contribution >= 0.6 is 0 Å². The van der Waals surface area contributed by atoms with Crippen LogP contribution in [0.4, 0.5) is 0 Å². The molecule has 3 nitrogen and oxygen atoms in total. The molecule has 0 bridgehead atoms. The monoisotopic (exact) mass is 329 g/mol. The van der Waals surface area contributed by atoms with Gasteiger partial charge in [-0.05, 0) is 16.7 Å². The molecule has 3 heteroatoms. The number of rotatable bonds is 5. The number of carbonyl (C=O) groups excluding carboxylic acids is 1. The zero-order chi connectivity index (χ0) is 17.5. The van der Waals surface area contributed by atoms with Crippen LogP contribution in [0.3, 0.4) is 0 Å². The van der Waals surface area contributed by atoms with Crippen LogP contribution in [0.2, 0.25) is 0 Å². The van der Waals surface area contributed by atoms with E-state index in [1.165, 1.54) is 13.3 Å². The molecule has 0 saturated carbocycles. The highest BCUT2D eigenvalue weighted by atomic mass is 16.5. The van der Waals surface area contributed by atoms with Crippen LogP contribution in [0.1, 0.15) is 16.7 Å². The topological polar surface area (TPSA) is 38.7 Å². The van der Waals surface area contributed by atoms with Crippen molar-refractivity contribution in [2.45, 2.75) is 5.54 Å². The molecule has 0 atom stereocenters. The van der Waals surface area contributed by atoms with Crippen molar-refractivity contribution in [3.8, 4) is 0 Å². The van der Waals surface area contributed by atoms with E-state index < -0.39 is 11.5 Å². The summed E-state index contributed by atoms with van der Waals surface area (Å²) in [4.78, 5) is 16.5. The number of ether oxygens (including phenoxy) is 1. The molecule has 0 saturated heterocycles. The van der Waals surface area contributed by atoms with Crippen LogP contribution in [0.15, 0.2) is 96.0 Å². The van der Waals surface area contributed by atoms with Gasteiger partial charge in [-0.15, -0.1) is 0 Å². The van der Waals surface area contributed by atoms with Crippen molar-refractivity contribution in [3.05, 3.63) is 108 Å². The summed E-state index contributed by atoms with van der Waals surface area (Å²) in [5.41, 5.74) is 2.12. The maximum absolute atomic E-state index is 11.8. The Bertz CT molecular complexity index is 746. The minimum absolute atomic E-state index is 0.479. The predicted octanol–water partition coefficient (Wildman–Crippen LogP) is 4.22. The van der Waals surface area contributed by atoms with E-state index in [1.54, 1.807) is 0 Å². The molecule has 25 heavy (non-hydrogen) atoms. The molecule has 0 spiro atoms. The second-order valence-corrected chi connectivity index (χ2v) is 5.59. The Balaban J connectivity index is 2.31. The lowest BCUT2D eigenvalue weighted by molar-refractivity contribution is -0.132. The number of benzene rings is 3. The summed E-state index contributed by atoms with van der Waals surface area (Å²) in [7, 11) is 1.35. The van der Waals surface area contributed by atoms with Gasteiger partial charge in [-0.2, -0.15) is 0 Å². The van der Waals surface area contributed by atoms with Gasteiger partial charge in [-0.1, -0.05) is 91.0 Å². The molecule has 0 unspecified atom stereocenters. The Morgan fingerprint density at radius 3 is 1.44 bits per heavy atom. The smallest absolute Gasteiger partial charge is 0.348 e. The quantitative estimate of drug-likeness (QED) is 0.399. The molecule has 0 aliphatic heterocycles. The fraction of sp³-hybridized carbons (Fsp3) is 0.0909. The summed E-state index contributed by atoms with van der Waals surface area (Å²) in [5, 5.41) is 0. The molecule has 0 heterocycles. The highest BCUT2D eigenvalue weighted by molar-refractivity contribution is 6.23. The van der Waals surface area contributed by atoms with Crippen LogP contribution in [-0.2, 0) is 15.1 Å². The van der Waals surface area contributed by atoms with E-state index in [9.17, 15) is 4.79 Å². The van der Waals surface area contributed by atoms with Gasteiger partial charge in [-0.25, -0.2) is 4.79 Å². The fourth-order valence-corrected chi connectivity index (χ4v) is 2.96. The highest BCUT2D eigenvalue weighted by Gasteiger charge is 2.35. The molecule has 0 amide bonds. The summed E-state index contributed by atoms with van der Waals surface area (Å²) < 4.78 is 4.76. The SMILES string of the molecule is COC(=O)C=NC(c1ccccc1)(c1ccccc1)c1ccccc1. The normalized spacial score (nSPS) is 11.4. The first-order chi connectivity index (χ1) is 12.3. The van der Waals surface area contributed by atoms with Gasteiger partial charge in [0.15, 0.2) is 0 Å². The summed E-state index contributed by atoms with van der Waals surface area (Å²) >= 11 is 0. The van der Waals surface area contributed by atoms with Crippen molar-refractivity contribution in [1.82, 2.24) is 0 Å². The fourth-order valence-electron chi connectivity index (χ4n) is 2.96. The van der Waals surface area contributed by atoms with Gasteiger partial charge in [0.1, 0.15) is 11.8 Å². The molecule has 0 radical (unpaired) electrons. The molecule has 3 rings (SSSR count). The Labute approximate surface area is 147 Å². The Kier molecular flexibility index (Phi) is 5.05. The summed E-state index contributed by atoms with van der Waals surface area (Å²) in [6.07, 6.45) is 1.26. The van der Waals surface area contributed by atoms with Crippen molar-refractivity contribution < 1.29 is 9.53 Å². The number of methoxy groups -OCH3 is 1. The number of nitrogens with zero attached hydrogens (tertiary/aromatic N) is 1. The number of esters is 1. The van der Waals surface area contributed by atoms with Gasteiger partial charge in [0.2, 0.25) is 0 Å². The molecular weight excluding hydrogens is 310 g/mol. The van der Waals surface area contributed by atoms with Crippen molar-refractivity contribution >= 4 is 12.2 Å². The molecule has 0 aliphatic rings. The lowest BCUT2D eigenvalue weighted by Gasteiger charge is -2.31. The van der Waals surface area contributed by atoms with Crippen molar-refractivity contribution in [2.75, 3.05) is 7.11 Å². The number of hydrogen-bond donors (Lipinski definition) is 0. The highest BCUT2D eigenvalue weighted by Crippen LogP contribution is 2.40. The molecular formula is C22H19NO2. The van der Waals surface area contributed by atoms with Crippen molar-refractivity contribution in [2.24, 2.45) is 4.99 Å².